The molecule has 0 aromatic rings. The molecule has 4 N–H and O–H groups in total. The highest BCUT2D eigenvalue weighted by Crippen LogP contribution is 2.13. The highest BCUT2D eigenvalue weighted by Gasteiger charge is 2.38. The number of likely N-dealkylation sites (N-methyl/N-ethyl adjacent to an activating group) is 1. The number of nitrogens with two attached hydrogens (primary N) is 1. The van der Waals surface area contributed by atoms with E-state index in [4.69, 9.17) is 20.8 Å². The lowest BCUT2D eigenvalue weighted by atomic mass is 10.6. The van der Waals surface area contributed by atoms with E-state index in [-0.39, 0.29) is 6.54 Å². The van der Waals surface area contributed by atoms with Crippen LogP contribution < -0.4 is 5.73 Å². The summed E-state index contributed by atoms with van der Waals surface area (Å²) < 4.78 is 31.7. The Morgan fingerprint density at radius 3 is 1.71 bits per heavy atom. The van der Waals surface area contributed by atoms with Gasteiger partial charge in [0.25, 0.3) is 5.91 Å². The fourth-order valence-corrected chi connectivity index (χ4v) is 0.132. The van der Waals surface area contributed by atoms with Gasteiger partial charge in [0.2, 0.25) is 0 Å². The van der Waals surface area contributed by atoms with Crippen LogP contribution in [-0.4, -0.2) is 47.0 Å². The number of amides is 1. The quantitative estimate of drug-likeness (QED) is 0.403. The highest BCUT2D eigenvalue weighted by molar-refractivity contribution is 5.76. The number of hydroxylamine groups is 2. The molecule has 0 heterocycles. The predicted octanol–water partition coefficient (Wildman–Crippen LogP) is -0.574. The fraction of sp³-hybridized carbons (Fsp3) is 0.600. The summed E-state index contributed by atoms with van der Waals surface area (Å²) in [5, 5.41) is 15.8. The minimum Gasteiger partial charge on any atom is -0.475 e. The smallest absolute Gasteiger partial charge is 0.475 e. The number of hydrogen-bond donors (Lipinski definition) is 3. The first-order chi connectivity index (χ1) is 6.12. The molecule has 0 unspecified atom stereocenters. The van der Waals surface area contributed by atoms with Gasteiger partial charge in [0.15, 0.2) is 0 Å². The summed E-state index contributed by atoms with van der Waals surface area (Å²) in [7, 11) is 1.23. The van der Waals surface area contributed by atoms with Gasteiger partial charge in [0.05, 0.1) is 6.54 Å². The normalized spacial score (nSPS) is 9.86. The number of hydrogen-bond acceptors (Lipinski definition) is 4. The zero-order valence-electron chi connectivity index (χ0n) is 7.08. The molecule has 14 heavy (non-hydrogen) atoms. The average molecular weight is 218 g/mol. The van der Waals surface area contributed by atoms with E-state index in [0.29, 0.717) is 5.06 Å². The molecule has 6 nitrogen and oxygen atoms in total. The monoisotopic (exact) mass is 218 g/mol. The first-order valence-corrected chi connectivity index (χ1v) is 3.08. The number of halogens is 3. The molecule has 0 bridgehead atoms. The number of rotatable bonds is 1. The zero-order chi connectivity index (χ0) is 11.9. The maximum Gasteiger partial charge on any atom is 0.490 e. The molecular formula is C5H9F3N2O4. The van der Waals surface area contributed by atoms with Crippen LogP contribution >= 0.6 is 0 Å². The second-order valence-corrected chi connectivity index (χ2v) is 1.92. The Kier molecular flexibility index (Phi) is 6.66. The van der Waals surface area contributed by atoms with Crippen molar-refractivity contribution >= 4 is 11.9 Å². The summed E-state index contributed by atoms with van der Waals surface area (Å²) in [4.78, 5) is 19.0. The number of carbonyl (C=O) groups is 2. The third-order valence-corrected chi connectivity index (χ3v) is 0.778. The van der Waals surface area contributed by atoms with Crippen molar-refractivity contribution in [2.75, 3.05) is 13.6 Å². The van der Waals surface area contributed by atoms with Crippen molar-refractivity contribution in [3.05, 3.63) is 0 Å². The second-order valence-electron chi connectivity index (χ2n) is 1.92. The minimum absolute atomic E-state index is 0.146. The number of carbonyl (C=O) groups excluding carboxylic acids is 1. The van der Waals surface area contributed by atoms with Crippen molar-refractivity contribution in [2.24, 2.45) is 5.73 Å². The third kappa shape index (κ3) is 8.74. The van der Waals surface area contributed by atoms with Gasteiger partial charge in [-0.1, -0.05) is 0 Å². The SMILES string of the molecule is CN(O)C(=O)CN.O=C(O)C(F)(F)F. The first-order valence-electron chi connectivity index (χ1n) is 3.08. The van der Waals surface area contributed by atoms with Crippen LogP contribution in [0, 0.1) is 0 Å². The molecule has 0 aliphatic carbocycles. The molecule has 0 spiro atoms. The van der Waals surface area contributed by atoms with Crippen molar-refractivity contribution in [3.63, 3.8) is 0 Å². The van der Waals surface area contributed by atoms with Gasteiger partial charge >= 0.3 is 12.1 Å². The van der Waals surface area contributed by atoms with Gasteiger partial charge in [-0.3, -0.25) is 10.0 Å². The van der Waals surface area contributed by atoms with Crippen LogP contribution in [0.4, 0.5) is 13.2 Å². The summed E-state index contributed by atoms with van der Waals surface area (Å²) in [5.41, 5.74) is 4.82. The maximum absolute atomic E-state index is 10.6. The van der Waals surface area contributed by atoms with E-state index in [1.54, 1.807) is 0 Å². The van der Waals surface area contributed by atoms with Crippen LogP contribution in [0.1, 0.15) is 0 Å². The molecular weight excluding hydrogens is 209 g/mol. The van der Waals surface area contributed by atoms with E-state index in [1.807, 2.05) is 0 Å². The Bertz CT molecular complexity index is 202. The summed E-state index contributed by atoms with van der Waals surface area (Å²) in [6.07, 6.45) is -5.08. The van der Waals surface area contributed by atoms with Crippen LogP contribution in [0.15, 0.2) is 0 Å². The largest absolute Gasteiger partial charge is 0.490 e. The van der Waals surface area contributed by atoms with Crippen molar-refractivity contribution < 1.29 is 33.1 Å². The van der Waals surface area contributed by atoms with Crippen LogP contribution in [0.5, 0.6) is 0 Å². The zero-order valence-corrected chi connectivity index (χ0v) is 7.08. The van der Waals surface area contributed by atoms with Gasteiger partial charge in [-0.25, -0.2) is 9.86 Å². The van der Waals surface area contributed by atoms with Crippen LogP contribution in [0.2, 0.25) is 0 Å². The minimum atomic E-state index is -5.08. The maximum atomic E-state index is 10.6. The van der Waals surface area contributed by atoms with E-state index in [1.165, 1.54) is 7.05 Å². The highest BCUT2D eigenvalue weighted by atomic mass is 19.4. The van der Waals surface area contributed by atoms with Gasteiger partial charge in [-0.2, -0.15) is 13.2 Å². The average Bonchev–Trinajstić information content (AvgIpc) is 2.02. The number of carboxylic acid groups (broad SMARTS) is 1. The summed E-state index contributed by atoms with van der Waals surface area (Å²) in [5.74, 6) is -3.24. The Hall–Kier alpha value is -1.35. The first kappa shape index (κ1) is 15.1. The van der Waals surface area contributed by atoms with Crippen molar-refractivity contribution in [1.29, 1.82) is 0 Å². The molecule has 1 amide bonds. The van der Waals surface area contributed by atoms with Crippen molar-refractivity contribution in [3.8, 4) is 0 Å². The molecule has 0 radical (unpaired) electrons. The number of aliphatic carboxylic acids is 1. The third-order valence-electron chi connectivity index (χ3n) is 0.778. The van der Waals surface area contributed by atoms with Gasteiger partial charge < -0.3 is 10.8 Å². The molecule has 0 saturated heterocycles. The van der Waals surface area contributed by atoms with Gasteiger partial charge in [0.1, 0.15) is 0 Å². The van der Waals surface area contributed by atoms with E-state index < -0.39 is 18.1 Å². The van der Waals surface area contributed by atoms with Gasteiger partial charge in [-0.15, -0.1) is 0 Å². The number of nitrogens with zero attached hydrogens (tertiary/aromatic N) is 1. The van der Waals surface area contributed by atoms with Crippen LogP contribution in [-0.2, 0) is 9.59 Å². The summed E-state index contributed by atoms with van der Waals surface area (Å²) in [6, 6.07) is 0. The molecule has 0 atom stereocenters. The lowest BCUT2D eigenvalue weighted by Gasteiger charge is -2.03. The van der Waals surface area contributed by atoms with E-state index in [0.717, 1.165) is 0 Å². The lowest BCUT2D eigenvalue weighted by Crippen LogP contribution is -2.29. The van der Waals surface area contributed by atoms with E-state index in [9.17, 15) is 18.0 Å². The molecule has 0 saturated carbocycles. The summed E-state index contributed by atoms with van der Waals surface area (Å²) in [6.45, 7) is -0.146. The molecule has 0 aromatic heterocycles. The Labute approximate surface area is 76.7 Å². The lowest BCUT2D eigenvalue weighted by molar-refractivity contribution is -0.192. The number of alkyl halides is 3. The van der Waals surface area contributed by atoms with Crippen molar-refractivity contribution in [1.82, 2.24) is 5.06 Å². The molecule has 0 fully saturated rings. The van der Waals surface area contributed by atoms with Gasteiger partial charge in [-0.05, 0) is 0 Å². The second kappa shape index (κ2) is 6.16. The standard InChI is InChI=1S/C3H8N2O2.C2HF3O2/c1-5(7)3(6)2-4;3-2(4,5)1(6)7/h7H,2,4H2,1H3;(H,6,7). The Balaban J connectivity index is 0. The predicted molar refractivity (Wildman–Crippen MR) is 37.3 cm³/mol. The Morgan fingerprint density at radius 2 is 1.71 bits per heavy atom. The van der Waals surface area contributed by atoms with E-state index in [2.05, 4.69) is 0 Å². The van der Waals surface area contributed by atoms with Crippen molar-refractivity contribution in [2.45, 2.75) is 6.18 Å². The molecule has 0 rings (SSSR count). The molecule has 0 aromatic carbocycles. The molecule has 9 heteroatoms. The number of carboxylic acids is 1. The van der Waals surface area contributed by atoms with Crippen LogP contribution in [0.3, 0.4) is 0 Å². The molecule has 0 aliphatic rings. The van der Waals surface area contributed by atoms with Crippen LogP contribution in [0.25, 0.3) is 0 Å². The van der Waals surface area contributed by atoms with E-state index >= 15 is 0 Å². The Morgan fingerprint density at radius 1 is 1.43 bits per heavy atom. The topological polar surface area (TPSA) is 104 Å². The fourth-order valence-electron chi connectivity index (χ4n) is 0.132. The summed E-state index contributed by atoms with van der Waals surface area (Å²) >= 11 is 0. The molecule has 0 aliphatic heterocycles. The molecule has 84 valence electrons. The van der Waals surface area contributed by atoms with Gasteiger partial charge in [0, 0.05) is 7.05 Å².